The molecule has 1 atom stereocenters. The molecular formula is C13H24N2O4. The van der Waals surface area contributed by atoms with Gasteiger partial charge in [-0.3, -0.25) is 0 Å². The SMILES string of the molecule is CCC1CCC(CNC(=O)NC[C@H](O)C(=O)O)CC1. The van der Waals surface area contributed by atoms with Crippen molar-refractivity contribution >= 4 is 12.0 Å². The van der Waals surface area contributed by atoms with Crippen LogP contribution in [0, 0.1) is 11.8 Å². The molecule has 0 bridgehead atoms. The molecule has 1 aliphatic rings. The maximum Gasteiger partial charge on any atom is 0.334 e. The molecule has 1 fully saturated rings. The lowest BCUT2D eigenvalue weighted by atomic mass is 9.81. The van der Waals surface area contributed by atoms with Crippen LogP contribution in [-0.2, 0) is 4.79 Å². The zero-order chi connectivity index (χ0) is 14.3. The van der Waals surface area contributed by atoms with Gasteiger partial charge in [0.2, 0.25) is 0 Å². The summed E-state index contributed by atoms with van der Waals surface area (Å²) in [6.45, 7) is 2.56. The highest BCUT2D eigenvalue weighted by atomic mass is 16.4. The number of aliphatic hydroxyl groups is 1. The minimum Gasteiger partial charge on any atom is -0.479 e. The van der Waals surface area contributed by atoms with Crippen LogP contribution in [0.15, 0.2) is 0 Å². The molecule has 0 aromatic heterocycles. The van der Waals surface area contributed by atoms with E-state index in [-0.39, 0.29) is 6.54 Å². The van der Waals surface area contributed by atoms with E-state index >= 15 is 0 Å². The van der Waals surface area contributed by atoms with Gasteiger partial charge in [-0.1, -0.05) is 26.2 Å². The molecule has 1 aliphatic carbocycles. The Balaban J connectivity index is 2.12. The number of aliphatic hydroxyl groups excluding tert-OH is 1. The van der Waals surface area contributed by atoms with Gasteiger partial charge in [-0.15, -0.1) is 0 Å². The number of hydrogen-bond acceptors (Lipinski definition) is 3. The number of carboxylic acids is 1. The quantitative estimate of drug-likeness (QED) is 0.578. The Morgan fingerprint density at radius 2 is 1.74 bits per heavy atom. The number of carboxylic acid groups (broad SMARTS) is 1. The number of carbonyl (C=O) groups excluding carboxylic acids is 1. The van der Waals surface area contributed by atoms with Gasteiger partial charge in [0.05, 0.1) is 6.54 Å². The van der Waals surface area contributed by atoms with Gasteiger partial charge in [-0.25, -0.2) is 9.59 Å². The standard InChI is InChI=1S/C13H24N2O4/c1-2-9-3-5-10(6-4-9)7-14-13(19)15-8-11(16)12(17)18/h9-11,16H,2-8H2,1H3,(H,17,18)(H2,14,15,19)/t9?,10?,11-/m0/s1. The normalized spacial score (nSPS) is 24.5. The Morgan fingerprint density at radius 3 is 2.26 bits per heavy atom. The molecule has 110 valence electrons. The van der Waals surface area contributed by atoms with E-state index in [0.29, 0.717) is 12.5 Å². The number of nitrogens with one attached hydrogen (secondary N) is 2. The van der Waals surface area contributed by atoms with Crippen LogP contribution in [0.5, 0.6) is 0 Å². The second kappa shape index (κ2) is 7.99. The Morgan fingerprint density at radius 1 is 1.16 bits per heavy atom. The summed E-state index contributed by atoms with van der Waals surface area (Å²) >= 11 is 0. The number of hydrogen-bond donors (Lipinski definition) is 4. The summed E-state index contributed by atoms with van der Waals surface area (Å²) in [6, 6.07) is -0.419. The van der Waals surface area contributed by atoms with Crippen molar-refractivity contribution < 1.29 is 19.8 Å². The number of carbonyl (C=O) groups is 2. The average Bonchev–Trinajstić information content (AvgIpc) is 2.42. The molecule has 6 heteroatoms. The van der Waals surface area contributed by atoms with Crippen molar-refractivity contribution in [1.82, 2.24) is 10.6 Å². The first-order chi connectivity index (χ1) is 9.02. The van der Waals surface area contributed by atoms with Crippen molar-refractivity contribution in [1.29, 1.82) is 0 Å². The largest absolute Gasteiger partial charge is 0.479 e. The second-order valence-electron chi connectivity index (χ2n) is 5.24. The van der Waals surface area contributed by atoms with Gasteiger partial charge in [0.15, 0.2) is 6.10 Å². The van der Waals surface area contributed by atoms with E-state index in [1.807, 2.05) is 0 Å². The highest BCUT2D eigenvalue weighted by Gasteiger charge is 2.20. The lowest BCUT2D eigenvalue weighted by Gasteiger charge is -2.27. The Kier molecular flexibility index (Phi) is 6.62. The van der Waals surface area contributed by atoms with Gasteiger partial charge >= 0.3 is 12.0 Å². The zero-order valence-electron chi connectivity index (χ0n) is 11.4. The molecule has 0 radical (unpaired) electrons. The van der Waals surface area contributed by atoms with Crippen molar-refractivity contribution in [3.8, 4) is 0 Å². The predicted octanol–water partition coefficient (Wildman–Crippen LogP) is 0.947. The molecular weight excluding hydrogens is 248 g/mol. The van der Waals surface area contributed by atoms with Crippen molar-refractivity contribution in [3.63, 3.8) is 0 Å². The highest BCUT2D eigenvalue weighted by Crippen LogP contribution is 2.29. The van der Waals surface area contributed by atoms with Gasteiger partial charge < -0.3 is 20.8 Å². The summed E-state index contributed by atoms with van der Waals surface area (Å²) in [7, 11) is 0. The predicted molar refractivity (Wildman–Crippen MR) is 70.8 cm³/mol. The van der Waals surface area contributed by atoms with Gasteiger partial charge in [-0.2, -0.15) is 0 Å². The van der Waals surface area contributed by atoms with Crippen LogP contribution in [-0.4, -0.2) is 41.4 Å². The van der Waals surface area contributed by atoms with E-state index < -0.39 is 18.1 Å². The fourth-order valence-corrected chi connectivity index (χ4v) is 2.42. The van der Waals surface area contributed by atoms with Crippen LogP contribution in [0.3, 0.4) is 0 Å². The molecule has 1 rings (SSSR count). The van der Waals surface area contributed by atoms with Gasteiger partial charge in [0.25, 0.3) is 0 Å². The molecule has 0 saturated heterocycles. The summed E-state index contributed by atoms with van der Waals surface area (Å²) < 4.78 is 0. The zero-order valence-corrected chi connectivity index (χ0v) is 11.4. The van der Waals surface area contributed by atoms with Gasteiger partial charge in [0, 0.05) is 6.54 Å². The van der Waals surface area contributed by atoms with E-state index in [4.69, 9.17) is 10.2 Å². The summed E-state index contributed by atoms with van der Waals surface area (Å²) in [4.78, 5) is 21.8. The number of amides is 2. The first kappa shape index (κ1) is 15.8. The van der Waals surface area contributed by atoms with Crippen LogP contribution in [0.4, 0.5) is 4.79 Å². The molecule has 0 heterocycles. The minimum absolute atomic E-state index is 0.274. The first-order valence-corrected chi connectivity index (χ1v) is 6.95. The molecule has 4 N–H and O–H groups in total. The molecule has 0 aromatic carbocycles. The summed E-state index contributed by atoms with van der Waals surface area (Å²) in [6.07, 6.45) is 4.40. The molecule has 0 aliphatic heterocycles. The van der Waals surface area contributed by atoms with E-state index in [0.717, 1.165) is 18.8 Å². The summed E-state index contributed by atoms with van der Waals surface area (Å²) in [5, 5.41) is 22.5. The third-order valence-electron chi connectivity index (χ3n) is 3.84. The molecule has 1 saturated carbocycles. The fraction of sp³-hybridized carbons (Fsp3) is 0.846. The third-order valence-corrected chi connectivity index (χ3v) is 3.84. The molecule has 0 unspecified atom stereocenters. The minimum atomic E-state index is -1.55. The number of aliphatic carboxylic acids is 1. The average molecular weight is 272 g/mol. The van der Waals surface area contributed by atoms with E-state index in [9.17, 15) is 9.59 Å². The number of rotatable bonds is 6. The van der Waals surface area contributed by atoms with E-state index in [2.05, 4.69) is 17.6 Å². The maximum absolute atomic E-state index is 11.4. The van der Waals surface area contributed by atoms with Gasteiger partial charge in [-0.05, 0) is 24.7 Å². The van der Waals surface area contributed by atoms with Crippen LogP contribution in [0.2, 0.25) is 0 Å². The smallest absolute Gasteiger partial charge is 0.334 e. The van der Waals surface area contributed by atoms with E-state index in [1.54, 1.807) is 0 Å². The Bertz CT molecular complexity index is 301. The topological polar surface area (TPSA) is 98.7 Å². The van der Waals surface area contributed by atoms with E-state index in [1.165, 1.54) is 19.3 Å². The monoisotopic (exact) mass is 272 g/mol. The van der Waals surface area contributed by atoms with Crippen molar-refractivity contribution in [3.05, 3.63) is 0 Å². The van der Waals surface area contributed by atoms with Gasteiger partial charge in [0.1, 0.15) is 0 Å². The Labute approximate surface area is 113 Å². The molecule has 19 heavy (non-hydrogen) atoms. The summed E-state index contributed by atoms with van der Waals surface area (Å²) in [5.74, 6) is 0.00641. The Hall–Kier alpha value is -1.30. The lowest BCUT2D eigenvalue weighted by Crippen LogP contribution is -2.43. The van der Waals surface area contributed by atoms with Crippen molar-refractivity contribution in [2.45, 2.75) is 45.1 Å². The van der Waals surface area contributed by atoms with Crippen LogP contribution < -0.4 is 10.6 Å². The highest BCUT2D eigenvalue weighted by molar-refractivity contribution is 5.76. The van der Waals surface area contributed by atoms with Crippen LogP contribution in [0.1, 0.15) is 39.0 Å². The fourth-order valence-electron chi connectivity index (χ4n) is 2.42. The van der Waals surface area contributed by atoms with Crippen molar-refractivity contribution in [2.24, 2.45) is 11.8 Å². The third kappa shape index (κ3) is 5.92. The molecule has 0 spiro atoms. The van der Waals surface area contributed by atoms with Crippen LogP contribution >= 0.6 is 0 Å². The molecule has 2 amide bonds. The summed E-state index contributed by atoms with van der Waals surface area (Å²) in [5.41, 5.74) is 0. The lowest BCUT2D eigenvalue weighted by molar-refractivity contribution is -0.146. The molecule has 0 aromatic rings. The maximum atomic E-state index is 11.4. The van der Waals surface area contributed by atoms with Crippen LogP contribution in [0.25, 0.3) is 0 Å². The van der Waals surface area contributed by atoms with Crippen molar-refractivity contribution in [2.75, 3.05) is 13.1 Å². The first-order valence-electron chi connectivity index (χ1n) is 6.95. The number of urea groups is 1. The molecule has 6 nitrogen and oxygen atoms in total. The second-order valence-corrected chi connectivity index (χ2v) is 5.24.